The van der Waals surface area contributed by atoms with Gasteiger partial charge in [0.25, 0.3) is 11.8 Å². The molecule has 0 bridgehead atoms. The van der Waals surface area contributed by atoms with Gasteiger partial charge < -0.3 is 5.32 Å². The summed E-state index contributed by atoms with van der Waals surface area (Å²) < 4.78 is 0. The molecule has 0 fully saturated rings. The van der Waals surface area contributed by atoms with Crippen LogP contribution in [0.3, 0.4) is 0 Å². The summed E-state index contributed by atoms with van der Waals surface area (Å²) in [6, 6.07) is 6.79. The first kappa shape index (κ1) is 17.2. The number of amides is 3. The maximum absolute atomic E-state index is 12.3. The third-order valence-corrected chi connectivity index (χ3v) is 4.63. The van der Waals surface area contributed by atoms with Crippen molar-refractivity contribution in [1.82, 2.24) is 15.1 Å². The van der Waals surface area contributed by atoms with E-state index in [4.69, 9.17) is 0 Å². The molecule has 0 spiro atoms. The third kappa shape index (κ3) is 3.74. The van der Waals surface area contributed by atoms with Crippen molar-refractivity contribution in [1.29, 1.82) is 0 Å². The highest BCUT2D eigenvalue weighted by atomic mass is 32.1. The minimum Gasteiger partial charge on any atom is -0.301 e. The van der Waals surface area contributed by atoms with Crippen LogP contribution in [0.15, 0.2) is 24.3 Å². The molecule has 1 aliphatic rings. The van der Waals surface area contributed by atoms with Crippen molar-refractivity contribution in [3.8, 4) is 0 Å². The first-order valence-electron chi connectivity index (χ1n) is 8.03. The average molecular weight is 358 g/mol. The van der Waals surface area contributed by atoms with E-state index in [0.29, 0.717) is 34.1 Å². The van der Waals surface area contributed by atoms with Gasteiger partial charge in [0.15, 0.2) is 0 Å². The fourth-order valence-corrected chi connectivity index (χ4v) is 3.34. The van der Waals surface area contributed by atoms with Gasteiger partial charge in [-0.3, -0.25) is 19.3 Å². The monoisotopic (exact) mass is 358 g/mol. The highest BCUT2D eigenvalue weighted by molar-refractivity contribution is 7.15. The minimum absolute atomic E-state index is 0.0990. The summed E-state index contributed by atoms with van der Waals surface area (Å²) in [5.74, 6) is -0.398. The summed E-state index contributed by atoms with van der Waals surface area (Å²) in [6.07, 6.45) is 0.827. The molecule has 2 aromatic rings. The zero-order chi connectivity index (χ0) is 18.0. The van der Waals surface area contributed by atoms with Crippen molar-refractivity contribution in [2.24, 2.45) is 5.92 Å². The molecule has 3 rings (SSSR count). The molecule has 0 aliphatic carbocycles. The van der Waals surface area contributed by atoms with Gasteiger partial charge in [-0.05, 0) is 18.1 Å². The second kappa shape index (κ2) is 7.10. The van der Waals surface area contributed by atoms with Crippen LogP contribution >= 0.6 is 11.3 Å². The van der Waals surface area contributed by atoms with Gasteiger partial charge in [0.1, 0.15) is 5.01 Å². The van der Waals surface area contributed by atoms with Crippen molar-refractivity contribution < 1.29 is 14.4 Å². The lowest BCUT2D eigenvalue weighted by Crippen LogP contribution is -2.31. The van der Waals surface area contributed by atoms with Gasteiger partial charge in [-0.15, -0.1) is 10.2 Å². The summed E-state index contributed by atoms with van der Waals surface area (Å²) in [7, 11) is 0. The van der Waals surface area contributed by atoms with E-state index in [0.717, 1.165) is 0 Å². The molecule has 1 N–H and O–H groups in total. The average Bonchev–Trinajstić information content (AvgIpc) is 3.09. The number of aromatic nitrogens is 2. The highest BCUT2D eigenvalue weighted by Crippen LogP contribution is 2.23. The van der Waals surface area contributed by atoms with Gasteiger partial charge in [-0.1, -0.05) is 37.3 Å². The van der Waals surface area contributed by atoms with E-state index >= 15 is 0 Å². The molecular formula is C17H18N4O3S. The number of rotatable bonds is 6. The van der Waals surface area contributed by atoms with E-state index in [1.807, 2.05) is 13.8 Å². The van der Waals surface area contributed by atoms with E-state index in [1.54, 1.807) is 24.3 Å². The first-order valence-corrected chi connectivity index (χ1v) is 8.85. The summed E-state index contributed by atoms with van der Waals surface area (Å²) in [5, 5.41) is 11.8. The summed E-state index contributed by atoms with van der Waals surface area (Å²) in [6.45, 7) is 4.17. The second-order valence-corrected chi connectivity index (χ2v) is 7.27. The van der Waals surface area contributed by atoms with Crippen molar-refractivity contribution in [2.75, 3.05) is 11.9 Å². The Morgan fingerprint density at radius 2 is 1.80 bits per heavy atom. The zero-order valence-corrected chi connectivity index (χ0v) is 14.8. The smallest absolute Gasteiger partial charge is 0.261 e. The normalized spacial score (nSPS) is 13.5. The number of benzene rings is 1. The highest BCUT2D eigenvalue weighted by Gasteiger charge is 2.34. The molecule has 0 saturated heterocycles. The van der Waals surface area contributed by atoms with Crippen LogP contribution in [0, 0.1) is 5.92 Å². The number of nitrogens with zero attached hydrogens (tertiary/aromatic N) is 3. The molecule has 0 saturated carbocycles. The second-order valence-electron chi connectivity index (χ2n) is 6.20. The van der Waals surface area contributed by atoms with Crippen molar-refractivity contribution in [2.45, 2.75) is 26.7 Å². The first-order chi connectivity index (χ1) is 12.0. The van der Waals surface area contributed by atoms with E-state index in [2.05, 4.69) is 15.5 Å². The van der Waals surface area contributed by atoms with E-state index in [-0.39, 0.29) is 30.2 Å². The van der Waals surface area contributed by atoms with Crippen molar-refractivity contribution in [3.63, 3.8) is 0 Å². The third-order valence-electron chi connectivity index (χ3n) is 3.73. The number of hydrogen-bond acceptors (Lipinski definition) is 6. The Morgan fingerprint density at radius 3 is 2.40 bits per heavy atom. The maximum atomic E-state index is 12.3. The molecule has 1 aromatic carbocycles. The Morgan fingerprint density at radius 1 is 1.16 bits per heavy atom. The topological polar surface area (TPSA) is 92.3 Å². The fraction of sp³-hybridized carbons (Fsp3) is 0.353. The van der Waals surface area contributed by atoms with Crippen LogP contribution in [0.25, 0.3) is 0 Å². The van der Waals surface area contributed by atoms with Gasteiger partial charge in [-0.2, -0.15) is 0 Å². The Bertz CT molecular complexity index is 796. The number of carbonyl (C=O) groups excluding carboxylic acids is 3. The molecule has 130 valence electrons. The van der Waals surface area contributed by atoms with Gasteiger partial charge in [-0.25, -0.2) is 0 Å². The van der Waals surface area contributed by atoms with Gasteiger partial charge in [0.2, 0.25) is 11.0 Å². The van der Waals surface area contributed by atoms with Crippen molar-refractivity contribution >= 4 is 34.2 Å². The molecule has 1 aliphatic heterocycles. The van der Waals surface area contributed by atoms with Crippen LogP contribution in [-0.4, -0.2) is 39.4 Å². The van der Waals surface area contributed by atoms with Crippen LogP contribution in [0.1, 0.15) is 46.0 Å². The minimum atomic E-state index is -0.282. The lowest BCUT2D eigenvalue weighted by atomic mass is 10.1. The van der Waals surface area contributed by atoms with Gasteiger partial charge in [0, 0.05) is 19.4 Å². The van der Waals surface area contributed by atoms with Gasteiger partial charge in [0.05, 0.1) is 11.1 Å². The lowest BCUT2D eigenvalue weighted by molar-refractivity contribution is -0.116. The lowest BCUT2D eigenvalue weighted by Gasteiger charge is -2.12. The zero-order valence-electron chi connectivity index (χ0n) is 14.0. The number of anilines is 1. The maximum Gasteiger partial charge on any atom is 0.261 e. The summed E-state index contributed by atoms with van der Waals surface area (Å²) >= 11 is 1.25. The molecule has 3 amide bonds. The molecule has 0 unspecified atom stereocenters. The van der Waals surface area contributed by atoms with Crippen LogP contribution < -0.4 is 5.32 Å². The molecular weight excluding hydrogens is 340 g/mol. The SMILES string of the molecule is CC(C)CC(=O)Nc1nnc(CCN2C(=O)c3ccccc3C2=O)s1. The standard InChI is InChI=1S/C17H18N4O3S/c1-10(2)9-13(22)18-17-20-19-14(25-17)7-8-21-15(23)11-5-3-4-6-12(11)16(21)24/h3-6,10H,7-9H2,1-2H3,(H,18,20,22). The van der Waals surface area contributed by atoms with Crippen LogP contribution in [0.4, 0.5) is 5.13 Å². The number of nitrogens with one attached hydrogen (secondary N) is 1. The summed E-state index contributed by atoms with van der Waals surface area (Å²) in [5.41, 5.74) is 0.873. The van der Waals surface area contributed by atoms with Crippen LogP contribution in [-0.2, 0) is 11.2 Å². The number of fused-ring (bicyclic) bond motifs is 1. The molecule has 0 atom stereocenters. The quantitative estimate of drug-likeness (QED) is 0.800. The van der Waals surface area contributed by atoms with Gasteiger partial charge >= 0.3 is 0 Å². The number of carbonyl (C=O) groups is 3. The van der Waals surface area contributed by atoms with E-state index < -0.39 is 0 Å². The predicted molar refractivity (Wildman–Crippen MR) is 93.5 cm³/mol. The Kier molecular flexibility index (Phi) is 4.89. The van der Waals surface area contributed by atoms with Crippen LogP contribution in [0.2, 0.25) is 0 Å². The van der Waals surface area contributed by atoms with Crippen LogP contribution in [0.5, 0.6) is 0 Å². The molecule has 25 heavy (non-hydrogen) atoms. The molecule has 2 heterocycles. The largest absolute Gasteiger partial charge is 0.301 e. The number of imide groups is 1. The van der Waals surface area contributed by atoms with E-state index in [9.17, 15) is 14.4 Å². The Balaban J connectivity index is 1.59. The molecule has 0 radical (unpaired) electrons. The molecule has 1 aromatic heterocycles. The fourth-order valence-electron chi connectivity index (χ4n) is 2.60. The predicted octanol–water partition coefficient (Wildman–Crippen LogP) is 2.36. The molecule has 7 nitrogen and oxygen atoms in total. The Labute approximate surface area is 149 Å². The summed E-state index contributed by atoms with van der Waals surface area (Å²) in [4.78, 5) is 37.6. The number of hydrogen-bond donors (Lipinski definition) is 1. The van der Waals surface area contributed by atoms with Crippen molar-refractivity contribution in [3.05, 3.63) is 40.4 Å². The van der Waals surface area contributed by atoms with E-state index in [1.165, 1.54) is 16.2 Å². The Hall–Kier alpha value is -2.61. The molecule has 8 heteroatoms.